The van der Waals surface area contributed by atoms with Crippen LogP contribution in [0.1, 0.15) is 233 Å². The van der Waals surface area contributed by atoms with Crippen molar-refractivity contribution < 1.29 is 28.6 Å². The second-order valence-corrected chi connectivity index (χ2v) is 17.4. The number of hydrogen-bond acceptors (Lipinski definition) is 6. The van der Waals surface area contributed by atoms with E-state index in [0.717, 1.165) is 122 Å². The summed E-state index contributed by atoms with van der Waals surface area (Å²) in [6, 6.07) is 0. The Morgan fingerprint density at radius 1 is 0.318 bits per heavy atom. The fourth-order valence-electron chi connectivity index (χ4n) is 6.95. The zero-order valence-electron chi connectivity index (χ0n) is 42.7. The molecule has 0 N–H and O–H groups in total. The molecule has 0 spiro atoms. The second-order valence-electron chi connectivity index (χ2n) is 17.4. The molecular formula is C60H98O6. The molecule has 66 heavy (non-hydrogen) atoms. The second kappa shape index (κ2) is 53.7. The number of carbonyl (C=O) groups excluding carboxylic acids is 3. The van der Waals surface area contributed by atoms with Gasteiger partial charge in [-0.25, -0.2) is 0 Å². The van der Waals surface area contributed by atoms with Gasteiger partial charge in [-0.2, -0.15) is 0 Å². The molecule has 0 saturated heterocycles. The van der Waals surface area contributed by atoms with Gasteiger partial charge in [0.15, 0.2) is 6.10 Å². The summed E-state index contributed by atoms with van der Waals surface area (Å²) in [6.07, 6.45) is 72.2. The zero-order chi connectivity index (χ0) is 47.9. The van der Waals surface area contributed by atoms with Crippen LogP contribution in [0.15, 0.2) is 109 Å². The quantitative estimate of drug-likeness (QED) is 0.0262. The van der Waals surface area contributed by atoms with Gasteiger partial charge in [0.05, 0.1) is 0 Å². The van der Waals surface area contributed by atoms with Crippen LogP contribution in [0.3, 0.4) is 0 Å². The maximum atomic E-state index is 12.8. The van der Waals surface area contributed by atoms with Gasteiger partial charge in [0.2, 0.25) is 0 Å². The highest BCUT2D eigenvalue weighted by atomic mass is 16.6. The Kier molecular flexibility index (Phi) is 50.5. The SMILES string of the molecule is CC/C=C\C/C=C\C/C=C\C/C=C\C/C=C\C/C=C\CCCCC(=O)OCC(COC(=O)CCCCCCC/C=C\CCC)OC(=O)CCCCCCCCC/C=C\C/C=C\CCCCC. The lowest BCUT2D eigenvalue weighted by atomic mass is 10.1. The number of allylic oxidation sites excluding steroid dienone is 18. The minimum Gasteiger partial charge on any atom is -0.462 e. The summed E-state index contributed by atoms with van der Waals surface area (Å²) in [5, 5.41) is 0. The van der Waals surface area contributed by atoms with Crippen molar-refractivity contribution in [2.75, 3.05) is 13.2 Å². The Balaban J connectivity index is 4.45. The number of unbranched alkanes of at least 4 members (excludes halogenated alkanes) is 18. The topological polar surface area (TPSA) is 78.9 Å². The fourth-order valence-corrected chi connectivity index (χ4v) is 6.95. The van der Waals surface area contributed by atoms with E-state index < -0.39 is 6.10 Å². The van der Waals surface area contributed by atoms with Crippen molar-refractivity contribution in [2.24, 2.45) is 0 Å². The average Bonchev–Trinajstić information content (AvgIpc) is 3.31. The van der Waals surface area contributed by atoms with E-state index >= 15 is 0 Å². The third-order valence-corrected chi connectivity index (χ3v) is 11.0. The smallest absolute Gasteiger partial charge is 0.306 e. The molecule has 0 bridgehead atoms. The van der Waals surface area contributed by atoms with Gasteiger partial charge in [-0.15, -0.1) is 0 Å². The maximum Gasteiger partial charge on any atom is 0.306 e. The van der Waals surface area contributed by atoms with Crippen LogP contribution in [0.4, 0.5) is 0 Å². The summed E-state index contributed by atoms with van der Waals surface area (Å²) >= 11 is 0. The minimum atomic E-state index is -0.805. The Labute approximate surface area is 406 Å². The molecule has 0 aliphatic heterocycles. The molecular weight excluding hydrogens is 817 g/mol. The summed E-state index contributed by atoms with van der Waals surface area (Å²) in [5.74, 6) is -0.969. The van der Waals surface area contributed by atoms with Gasteiger partial charge < -0.3 is 14.2 Å². The molecule has 6 heteroatoms. The summed E-state index contributed by atoms with van der Waals surface area (Å²) in [4.78, 5) is 38.0. The molecule has 0 amide bonds. The van der Waals surface area contributed by atoms with Crippen molar-refractivity contribution in [1.29, 1.82) is 0 Å². The Hall–Kier alpha value is -3.93. The average molecular weight is 915 g/mol. The van der Waals surface area contributed by atoms with Crippen molar-refractivity contribution in [3.05, 3.63) is 109 Å². The number of rotatable bonds is 47. The highest BCUT2D eigenvalue weighted by Crippen LogP contribution is 2.13. The molecule has 0 radical (unpaired) electrons. The lowest BCUT2D eigenvalue weighted by Crippen LogP contribution is -2.30. The van der Waals surface area contributed by atoms with Crippen LogP contribution >= 0.6 is 0 Å². The van der Waals surface area contributed by atoms with Crippen molar-refractivity contribution in [1.82, 2.24) is 0 Å². The molecule has 0 heterocycles. The third kappa shape index (κ3) is 51.1. The molecule has 0 aromatic rings. The zero-order valence-corrected chi connectivity index (χ0v) is 42.7. The lowest BCUT2D eigenvalue weighted by molar-refractivity contribution is -0.167. The van der Waals surface area contributed by atoms with Crippen LogP contribution in [0.25, 0.3) is 0 Å². The summed E-state index contributed by atoms with van der Waals surface area (Å²) in [5.41, 5.74) is 0. The van der Waals surface area contributed by atoms with Crippen LogP contribution in [0.5, 0.6) is 0 Å². The highest BCUT2D eigenvalue weighted by Gasteiger charge is 2.19. The summed E-state index contributed by atoms with van der Waals surface area (Å²) in [7, 11) is 0. The monoisotopic (exact) mass is 915 g/mol. The normalized spacial score (nSPS) is 13.0. The van der Waals surface area contributed by atoms with Gasteiger partial charge in [-0.3, -0.25) is 14.4 Å². The predicted octanol–water partition coefficient (Wildman–Crippen LogP) is 17.9. The Bertz CT molecular complexity index is 1370. The fraction of sp³-hybridized carbons (Fsp3) is 0.650. The van der Waals surface area contributed by atoms with E-state index in [1.54, 1.807) is 0 Å². The predicted molar refractivity (Wildman–Crippen MR) is 283 cm³/mol. The first-order valence-electron chi connectivity index (χ1n) is 26.9. The van der Waals surface area contributed by atoms with Gasteiger partial charge in [-0.05, 0) is 122 Å². The molecule has 374 valence electrons. The molecule has 0 aliphatic rings. The van der Waals surface area contributed by atoms with Crippen molar-refractivity contribution in [2.45, 2.75) is 239 Å². The van der Waals surface area contributed by atoms with Gasteiger partial charge in [-0.1, -0.05) is 201 Å². The molecule has 0 rings (SSSR count). The van der Waals surface area contributed by atoms with Gasteiger partial charge in [0.25, 0.3) is 0 Å². The van der Waals surface area contributed by atoms with E-state index in [4.69, 9.17) is 14.2 Å². The molecule has 0 aromatic heterocycles. The van der Waals surface area contributed by atoms with E-state index in [-0.39, 0.29) is 31.1 Å². The molecule has 6 nitrogen and oxygen atoms in total. The third-order valence-electron chi connectivity index (χ3n) is 11.0. The number of hydrogen-bond donors (Lipinski definition) is 0. The lowest BCUT2D eigenvalue weighted by Gasteiger charge is -2.18. The van der Waals surface area contributed by atoms with Crippen LogP contribution in [0.2, 0.25) is 0 Å². The van der Waals surface area contributed by atoms with Crippen LogP contribution in [0, 0.1) is 0 Å². The first kappa shape index (κ1) is 62.1. The van der Waals surface area contributed by atoms with Crippen molar-refractivity contribution >= 4 is 17.9 Å². The Morgan fingerprint density at radius 3 is 1.03 bits per heavy atom. The number of esters is 3. The highest BCUT2D eigenvalue weighted by molar-refractivity contribution is 5.71. The van der Waals surface area contributed by atoms with Crippen LogP contribution in [-0.4, -0.2) is 37.2 Å². The van der Waals surface area contributed by atoms with E-state index in [2.05, 4.69) is 130 Å². The molecule has 0 fully saturated rings. The largest absolute Gasteiger partial charge is 0.462 e. The molecule has 0 saturated carbocycles. The first-order chi connectivity index (χ1) is 32.5. The molecule has 1 unspecified atom stereocenters. The maximum absolute atomic E-state index is 12.8. The van der Waals surface area contributed by atoms with E-state index in [1.165, 1.54) is 64.2 Å². The van der Waals surface area contributed by atoms with Gasteiger partial charge in [0, 0.05) is 19.3 Å². The number of ether oxygens (including phenoxy) is 3. The van der Waals surface area contributed by atoms with E-state index in [1.807, 2.05) is 0 Å². The Morgan fingerprint density at radius 2 is 0.621 bits per heavy atom. The molecule has 1 atom stereocenters. The van der Waals surface area contributed by atoms with E-state index in [0.29, 0.717) is 25.7 Å². The minimum absolute atomic E-state index is 0.102. The summed E-state index contributed by atoms with van der Waals surface area (Å²) < 4.78 is 16.7. The van der Waals surface area contributed by atoms with Crippen LogP contribution < -0.4 is 0 Å². The van der Waals surface area contributed by atoms with Gasteiger partial charge >= 0.3 is 17.9 Å². The molecule has 0 aromatic carbocycles. The van der Waals surface area contributed by atoms with Gasteiger partial charge in [0.1, 0.15) is 13.2 Å². The number of carbonyl (C=O) groups is 3. The standard InChI is InChI=1S/C60H98O6/c1-4-7-10-13-16-19-22-24-26-28-29-30-31-33-34-36-38-41-44-47-50-53-59(62)65-56-57(55-64-58(61)52-49-46-43-40-21-18-15-12-9-6-3)66-60(63)54-51-48-45-42-39-37-35-32-27-25-23-20-17-14-11-8-5-2/h7,10,12,15-17,19-20,24-27,29-30,33-34,38,41,57H,4-6,8-9,11,13-14,18,21-23,28,31-32,35-37,39-40,42-56H2,1-3H3/b10-7-,15-12-,19-16-,20-17-,26-24-,27-25-,30-29-,34-33-,41-38-. The van der Waals surface area contributed by atoms with Crippen molar-refractivity contribution in [3.63, 3.8) is 0 Å². The van der Waals surface area contributed by atoms with E-state index in [9.17, 15) is 14.4 Å². The summed E-state index contributed by atoms with van der Waals surface area (Å²) in [6.45, 7) is 6.38. The van der Waals surface area contributed by atoms with Crippen LogP contribution in [-0.2, 0) is 28.6 Å². The molecule has 0 aliphatic carbocycles. The van der Waals surface area contributed by atoms with Crippen molar-refractivity contribution in [3.8, 4) is 0 Å². The first-order valence-corrected chi connectivity index (χ1v) is 26.9.